The molecule has 1 amide bonds. The molecule has 1 fully saturated rings. The summed E-state index contributed by atoms with van der Waals surface area (Å²) in [5.74, 6) is -1.23. The molecule has 1 saturated heterocycles. The van der Waals surface area contributed by atoms with E-state index in [1.807, 2.05) is 0 Å². The number of hydrogen-bond acceptors (Lipinski definition) is 6. The van der Waals surface area contributed by atoms with Crippen LogP contribution in [0, 0.1) is 0 Å². The van der Waals surface area contributed by atoms with Gasteiger partial charge in [0.1, 0.15) is 5.69 Å². The lowest BCUT2D eigenvalue weighted by Gasteiger charge is -2.16. The van der Waals surface area contributed by atoms with Gasteiger partial charge in [-0.3, -0.25) is 4.79 Å². The van der Waals surface area contributed by atoms with Crippen LogP contribution >= 0.6 is 0 Å². The quantitative estimate of drug-likeness (QED) is 0.740. The van der Waals surface area contributed by atoms with E-state index in [0.29, 0.717) is 18.8 Å². The lowest BCUT2D eigenvalue weighted by Crippen LogP contribution is -2.30. The second-order valence-electron chi connectivity index (χ2n) is 6.39. The van der Waals surface area contributed by atoms with E-state index in [-0.39, 0.29) is 10.6 Å². The van der Waals surface area contributed by atoms with Crippen LogP contribution in [-0.2, 0) is 19.6 Å². The van der Waals surface area contributed by atoms with E-state index < -0.39 is 28.0 Å². The van der Waals surface area contributed by atoms with Gasteiger partial charge in [-0.25, -0.2) is 18.2 Å². The second-order valence-corrected chi connectivity index (χ2v) is 8.33. The highest BCUT2D eigenvalue weighted by atomic mass is 32.2. The molecule has 9 heteroatoms. The fraction of sp³-hybridized carbons (Fsp3) is 0.316. The van der Waals surface area contributed by atoms with E-state index in [0.717, 1.165) is 12.8 Å². The molecule has 28 heavy (non-hydrogen) atoms. The largest absolute Gasteiger partial charge is 0.448 e. The van der Waals surface area contributed by atoms with Crippen LogP contribution in [0.4, 0.5) is 5.69 Å². The highest BCUT2D eigenvalue weighted by molar-refractivity contribution is 7.89. The molecule has 2 aromatic rings. The molecule has 1 atom stereocenters. The molecule has 0 spiro atoms. The minimum atomic E-state index is -3.50. The van der Waals surface area contributed by atoms with E-state index in [9.17, 15) is 18.0 Å². The molecule has 8 nitrogen and oxygen atoms in total. The van der Waals surface area contributed by atoms with Gasteiger partial charge < -0.3 is 10.1 Å². The molecule has 0 bridgehead atoms. The summed E-state index contributed by atoms with van der Waals surface area (Å²) in [5, 5.41) is 2.60. The first-order valence-corrected chi connectivity index (χ1v) is 10.3. The first-order valence-electron chi connectivity index (χ1n) is 8.91. The smallest absolute Gasteiger partial charge is 0.357 e. The van der Waals surface area contributed by atoms with Gasteiger partial charge in [-0.05, 0) is 56.2 Å². The number of pyridine rings is 1. The van der Waals surface area contributed by atoms with Crippen LogP contribution in [0.5, 0.6) is 0 Å². The van der Waals surface area contributed by atoms with Crippen LogP contribution in [0.25, 0.3) is 0 Å². The van der Waals surface area contributed by atoms with E-state index in [1.54, 1.807) is 12.1 Å². The molecule has 2 heterocycles. The van der Waals surface area contributed by atoms with Crippen LogP contribution < -0.4 is 5.32 Å². The Morgan fingerprint density at radius 3 is 2.39 bits per heavy atom. The maximum absolute atomic E-state index is 12.5. The summed E-state index contributed by atoms with van der Waals surface area (Å²) in [6, 6.07) is 10.7. The zero-order chi connectivity index (χ0) is 20.1. The number of anilines is 1. The first kappa shape index (κ1) is 20.0. The van der Waals surface area contributed by atoms with Crippen molar-refractivity contribution in [2.24, 2.45) is 0 Å². The number of aromatic nitrogens is 1. The molecule has 0 aliphatic carbocycles. The molecule has 1 aliphatic heterocycles. The molecule has 0 radical (unpaired) electrons. The topological polar surface area (TPSA) is 106 Å². The standard InChI is InChI=1S/C19H21N3O5S/c1-14(27-19(24)17-6-2-3-11-20-17)18(23)21-15-7-9-16(10-8-15)28(25,26)22-12-4-5-13-22/h2-3,6-11,14H,4-5,12-13H2,1H3,(H,21,23). The highest BCUT2D eigenvalue weighted by Crippen LogP contribution is 2.22. The molecule has 3 rings (SSSR count). The van der Waals surface area contributed by atoms with Gasteiger partial charge in [-0.1, -0.05) is 6.07 Å². The van der Waals surface area contributed by atoms with Gasteiger partial charge in [-0.2, -0.15) is 4.31 Å². The van der Waals surface area contributed by atoms with Gasteiger partial charge in [0.05, 0.1) is 4.90 Å². The number of carbonyl (C=O) groups is 2. The second kappa shape index (κ2) is 8.49. The fourth-order valence-corrected chi connectivity index (χ4v) is 4.31. The Bertz CT molecular complexity index is 939. The number of hydrogen-bond donors (Lipinski definition) is 1. The van der Waals surface area contributed by atoms with Crippen molar-refractivity contribution in [2.45, 2.75) is 30.8 Å². The number of nitrogens with zero attached hydrogens (tertiary/aromatic N) is 2. The summed E-state index contributed by atoms with van der Waals surface area (Å²) in [5.41, 5.74) is 0.518. The summed E-state index contributed by atoms with van der Waals surface area (Å²) in [6.45, 7) is 2.50. The predicted octanol–water partition coefficient (Wildman–Crippen LogP) is 2.05. The predicted molar refractivity (Wildman–Crippen MR) is 102 cm³/mol. The number of nitrogens with one attached hydrogen (secondary N) is 1. The Hall–Kier alpha value is -2.78. The van der Waals surface area contributed by atoms with Crippen molar-refractivity contribution in [2.75, 3.05) is 18.4 Å². The van der Waals surface area contributed by atoms with E-state index >= 15 is 0 Å². The van der Waals surface area contributed by atoms with E-state index in [1.165, 1.54) is 47.8 Å². The Morgan fingerprint density at radius 2 is 1.79 bits per heavy atom. The SMILES string of the molecule is CC(OC(=O)c1ccccn1)C(=O)Nc1ccc(S(=O)(=O)N2CCCC2)cc1. The zero-order valence-corrected chi connectivity index (χ0v) is 16.2. The van der Waals surface area contributed by atoms with Gasteiger partial charge >= 0.3 is 5.97 Å². The molecule has 1 aliphatic rings. The molecular formula is C19H21N3O5S. The van der Waals surface area contributed by atoms with Gasteiger partial charge in [-0.15, -0.1) is 0 Å². The van der Waals surface area contributed by atoms with Crippen LogP contribution in [0.15, 0.2) is 53.6 Å². The van der Waals surface area contributed by atoms with Gasteiger partial charge in [0.2, 0.25) is 10.0 Å². The van der Waals surface area contributed by atoms with Crippen molar-refractivity contribution in [3.8, 4) is 0 Å². The number of carbonyl (C=O) groups excluding carboxylic acids is 2. The summed E-state index contributed by atoms with van der Waals surface area (Å²) >= 11 is 0. The summed E-state index contributed by atoms with van der Waals surface area (Å²) in [7, 11) is -3.50. The molecule has 1 aromatic heterocycles. The van der Waals surface area contributed by atoms with Crippen molar-refractivity contribution in [3.05, 3.63) is 54.4 Å². The lowest BCUT2D eigenvalue weighted by atomic mass is 10.3. The fourth-order valence-electron chi connectivity index (χ4n) is 2.79. The van der Waals surface area contributed by atoms with Gasteiger partial charge in [0.15, 0.2) is 6.10 Å². The molecule has 1 unspecified atom stereocenters. The molecule has 1 N–H and O–H groups in total. The average molecular weight is 403 g/mol. The molecule has 0 saturated carbocycles. The minimum Gasteiger partial charge on any atom is -0.448 e. The van der Waals surface area contributed by atoms with Crippen molar-refractivity contribution in [1.29, 1.82) is 0 Å². The first-order chi connectivity index (χ1) is 13.4. The van der Waals surface area contributed by atoms with Crippen LogP contribution in [0.2, 0.25) is 0 Å². The number of amides is 1. The van der Waals surface area contributed by atoms with E-state index in [2.05, 4.69) is 10.3 Å². The lowest BCUT2D eigenvalue weighted by molar-refractivity contribution is -0.123. The molecular weight excluding hydrogens is 382 g/mol. The van der Waals surface area contributed by atoms with Crippen molar-refractivity contribution in [3.63, 3.8) is 0 Å². The minimum absolute atomic E-state index is 0.110. The molecule has 148 valence electrons. The summed E-state index contributed by atoms with van der Waals surface area (Å²) in [6.07, 6.45) is 2.15. The van der Waals surface area contributed by atoms with Crippen molar-refractivity contribution < 1.29 is 22.7 Å². The normalized spacial score (nSPS) is 15.8. The number of rotatable bonds is 6. The zero-order valence-electron chi connectivity index (χ0n) is 15.4. The van der Waals surface area contributed by atoms with Gasteiger partial charge in [0.25, 0.3) is 5.91 Å². The Balaban J connectivity index is 1.60. The third-order valence-electron chi connectivity index (χ3n) is 4.35. The van der Waals surface area contributed by atoms with Crippen molar-refractivity contribution >= 4 is 27.6 Å². The summed E-state index contributed by atoms with van der Waals surface area (Å²) < 4.78 is 31.6. The number of sulfonamides is 1. The Kier molecular flexibility index (Phi) is 6.05. The number of benzene rings is 1. The van der Waals surface area contributed by atoms with Crippen LogP contribution in [0.3, 0.4) is 0 Å². The monoisotopic (exact) mass is 403 g/mol. The maximum Gasteiger partial charge on any atom is 0.357 e. The average Bonchev–Trinajstić information content (AvgIpc) is 3.25. The molecule has 1 aromatic carbocycles. The maximum atomic E-state index is 12.5. The third kappa shape index (κ3) is 4.55. The highest BCUT2D eigenvalue weighted by Gasteiger charge is 2.27. The number of ether oxygens (including phenoxy) is 1. The van der Waals surface area contributed by atoms with Crippen molar-refractivity contribution in [1.82, 2.24) is 9.29 Å². The number of esters is 1. The third-order valence-corrected chi connectivity index (χ3v) is 6.26. The summed E-state index contributed by atoms with van der Waals surface area (Å²) in [4.78, 5) is 28.2. The van der Waals surface area contributed by atoms with Crippen LogP contribution in [0.1, 0.15) is 30.3 Å². The Morgan fingerprint density at radius 1 is 1.11 bits per heavy atom. The van der Waals surface area contributed by atoms with Crippen LogP contribution in [-0.4, -0.2) is 48.8 Å². The van der Waals surface area contributed by atoms with Gasteiger partial charge in [0, 0.05) is 25.0 Å². The Labute approximate surface area is 163 Å². The van der Waals surface area contributed by atoms with E-state index in [4.69, 9.17) is 4.74 Å².